The Balaban J connectivity index is 4.26. The third-order valence-electron chi connectivity index (χ3n) is 3.65. The number of ether oxygens (including phenoxy) is 1. The summed E-state index contributed by atoms with van der Waals surface area (Å²) in [6.45, 7) is 13.6. The fourth-order valence-electron chi connectivity index (χ4n) is 1.70. The number of thioether (sulfide) groups is 1. The van der Waals surface area contributed by atoms with E-state index in [4.69, 9.17) is 4.74 Å². The number of nitrogens with one attached hydrogen (secondary N) is 2. The Labute approximate surface area is 152 Å². The molecule has 0 aliphatic rings. The highest BCUT2D eigenvalue weighted by Gasteiger charge is 2.22. The first-order chi connectivity index (χ1) is 10.9. The SMILES string of the molecule is CN=C(NCCC(C)N(C)C(=O)OC(C)(C)C)NCC(C)(C)SC. The van der Waals surface area contributed by atoms with Gasteiger partial charge in [0, 0.05) is 38.0 Å². The Morgan fingerprint density at radius 3 is 2.29 bits per heavy atom. The molecular weight excluding hydrogens is 324 g/mol. The minimum absolute atomic E-state index is 0.0769. The Kier molecular flexibility index (Phi) is 9.55. The van der Waals surface area contributed by atoms with Gasteiger partial charge in [-0.15, -0.1) is 0 Å². The molecule has 0 saturated heterocycles. The minimum atomic E-state index is -0.473. The van der Waals surface area contributed by atoms with E-state index in [2.05, 4.69) is 35.7 Å². The van der Waals surface area contributed by atoms with Crippen molar-refractivity contribution in [3.8, 4) is 0 Å². The molecule has 6 nitrogen and oxygen atoms in total. The third kappa shape index (κ3) is 9.90. The van der Waals surface area contributed by atoms with E-state index in [0.717, 1.165) is 25.5 Å². The molecule has 0 aliphatic heterocycles. The van der Waals surface area contributed by atoms with Crippen LogP contribution in [0.4, 0.5) is 4.79 Å². The molecule has 0 bridgehead atoms. The summed E-state index contributed by atoms with van der Waals surface area (Å²) >= 11 is 1.82. The van der Waals surface area contributed by atoms with Gasteiger partial charge in [-0.1, -0.05) is 0 Å². The van der Waals surface area contributed by atoms with Crippen molar-refractivity contribution in [2.24, 2.45) is 4.99 Å². The second kappa shape index (κ2) is 10.0. The molecule has 1 unspecified atom stereocenters. The number of nitrogens with zero attached hydrogens (tertiary/aromatic N) is 2. The van der Waals surface area contributed by atoms with Crippen LogP contribution in [0.15, 0.2) is 4.99 Å². The second-order valence-electron chi connectivity index (χ2n) is 7.55. The van der Waals surface area contributed by atoms with Crippen LogP contribution in [-0.2, 0) is 4.74 Å². The van der Waals surface area contributed by atoms with Gasteiger partial charge >= 0.3 is 6.09 Å². The van der Waals surface area contributed by atoms with Gasteiger partial charge < -0.3 is 20.3 Å². The number of guanidine groups is 1. The van der Waals surface area contributed by atoms with Crippen LogP contribution in [0, 0.1) is 0 Å². The molecule has 7 heteroatoms. The molecule has 142 valence electrons. The maximum absolute atomic E-state index is 12.0. The van der Waals surface area contributed by atoms with Crippen LogP contribution < -0.4 is 10.6 Å². The summed E-state index contributed by atoms with van der Waals surface area (Å²) in [5, 5.41) is 6.62. The number of rotatable bonds is 7. The summed E-state index contributed by atoms with van der Waals surface area (Å²) in [4.78, 5) is 17.9. The molecule has 0 aromatic carbocycles. The molecule has 0 fully saturated rings. The van der Waals surface area contributed by atoms with E-state index in [9.17, 15) is 4.79 Å². The Morgan fingerprint density at radius 2 is 1.83 bits per heavy atom. The van der Waals surface area contributed by atoms with Gasteiger partial charge in [0.1, 0.15) is 5.60 Å². The highest BCUT2D eigenvalue weighted by atomic mass is 32.2. The number of carbonyl (C=O) groups is 1. The van der Waals surface area contributed by atoms with Crippen LogP contribution >= 0.6 is 11.8 Å². The van der Waals surface area contributed by atoms with Gasteiger partial charge in [-0.2, -0.15) is 11.8 Å². The highest BCUT2D eigenvalue weighted by Crippen LogP contribution is 2.19. The molecule has 0 heterocycles. The summed E-state index contributed by atoms with van der Waals surface area (Å²) in [5.41, 5.74) is -0.473. The molecule has 0 rings (SSSR count). The average molecular weight is 361 g/mol. The van der Waals surface area contributed by atoms with Gasteiger partial charge in [0.25, 0.3) is 0 Å². The van der Waals surface area contributed by atoms with Crippen LogP contribution in [0.1, 0.15) is 48.0 Å². The van der Waals surface area contributed by atoms with E-state index >= 15 is 0 Å². The van der Waals surface area contributed by atoms with Gasteiger partial charge in [0.15, 0.2) is 5.96 Å². The number of hydrogen-bond acceptors (Lipinski definition) is 4. The standard InChI is InChI=1S/C17H36N4O2S/c1-13(21(8)15(22)23-16(2,3)4)10-11-19-14(18-7)20-12-17(5,6)24-9/h13H,10-12H2,1-9H3,(H2,18,19,20). The van der Waals surface area contributed by atoms with E-state index in [-0.39, 0.29) is 16.9 Å². The van der Waals surface area contributed by atoms with Crippen LogP contribution in [0.2, 0.25) is 0 Å². The first-order valence-corrected chi connectivity index (χ1v) is 9.60. The van der Waals surface area contributed by atoms with E-state index in [1.54, 1.807) is 19.0 Å². The summed E-state index contributed by atoms with van der Waals surface area (Å²) < 4.78 is 5.54. The van der Waals surface area contributed by atoms with Gasteiger partial charge in [-0.05, 0) is 54.2 Å². The zero-order valence-corrected chi connectivity index (χ0v) is 17.6. The first kappa shape index (κ1) is 22.9. The zero-order valence-electron chi connectivity index (χ0n) is 16.8. The van der Waals surface area contributed by atoms with E-state index in [0.29, 0.717) is 0 Å². The molecule has 0 radical (unpaired) electrons. The molecule has 0 aliphatic carbocycles. The highest BCUT2D eigenvalue weighted by molar-refractivity contribution is 7.99. The number of hydrogen-bond donors (Lipinski definition) is 2. The normalized spacial score (nSPS) is 14.1. The lowest BCUT2D eigenvalue weighted by molar-refractivity contribution is 0.0230. The Hall–Kier alpha value is -1.11. The Bertz CT molecular complexity index is 419. The summed E-state index contributed by atoms with van der Waals surface area (Å²) in [6.07, 6.45) is 2.62. The van der Waals surface area contributed by atoms with Crippen molar-refractivity contribution >= 4 is 23.8 Å². The number of aliphatic imine (C=N–C) groups is 1. The van der Waals surface area contributed by atoms with E-state index in [1.807, 2.05) is 39.5 Å². The second-order valence-corrected chi connectivity index (χ2v) is 9.06. The van der Waals surface area contributed by atoms with Crippen molar-refractivity contribution in [2.75, 3.05) is 33.4 Å². The third-order valence-corrected chi connectivity index (χ3v) is 4.90. The molecule has 24 heavy (non-hydrogen) atoms. The van der Waals surface area contributed by atoms with Crippen molar-refractivity contribution in [1.29, 1.82) is 0 Å². The molecule has 0 spiro atoms. The number of amides is 1. The fourth-order valence-corrected chi connectivity index (χ4v) is 1.91. The lowest BCUT2D eigenvalue weighted by Gasteiger charge is -2.29. The molecule has 0 aromatic heterocycles. The van der Waals surface area contributed by atoms with E-state index in [1.165, 1.54) is 0 Å². The molecule has 0 aromatic rings. The quantitative estimate of drug-likeness (QED) is 0.540. The first-order valence-electron chi connectivity index (χ1n) is 8.37. The van der Waals surface area contributed by atoms with Crippen molar-refractivity contribution in [1.82, 2.24) is 15.5 Å². The van der Waals surface area contributed by atoms with Crippen molar-refractivity contribution in [3.05, 3.63) is 0 Å². The van der Waals surface area contributed by atoms with Crippen LogP contribution in [-0.4, -0.2) is 66.8 Å². The monoisotopic (exact) mass is 360 g/mol. The lowest BCUT2D eigenvalue weighted by atomic mass is 10.2. The van der Waals surface area contributed by atoms with Gasteiger partial charge in [0.2, 0.25) is 0 Å². The van der Waals surface area contributed by atoms with Crippen LogP contribution in [0.5, 0.6) is 0 Å². The smallest absolute Gasteiger partial charge is 0.410 e. The maximum atomic E-state index is 12.0. The van der Waals surface area contributed by atoms with Crippen molar-refractivity contribution in [3.63, 3.8) is 0 Å². The summed E-state index contributed by atoms with van der Waals surface area (Å²) in [6, 6.07) is 0.0769. The van der Waals surface area contributed by atoms with Crippen LogP contribution in [0.3, 0.4) is 0 Å². The molecular formula is C17H36N4O2S. The Morgan fingerprint density at radius 1 is 1.25 bits per heavy atom. The van der Waals surface area contributed by atoms with Gasteiger partial charge in [-0.25, -0.2) is 4.79 Å². The molecule has 1 atom stereocenters. The van der Waals surface area contributed by atoms with Gasteiger partial charge in [-0.3, -0.25) is 4.99 Å². The van der Waals surface area contributed by atoms with Gasteiger partial charge in [0.05, 0.1) is 0 Å². The largest absolute Gasteiger partial charge is 0.444 e. The van der Waals surface area contributed by atoms with Crippen molar-refractivity contribution < 1.29 is 9.53 Å². The minimum Gasteiger partial charge on any atom is -0.444 e. The van der Waals surface area contributed by atoms with E-state index < -0.39 is 5.60 Å². The zero-order chi connectivity index (χ0) is 19.0. The number of carbonyl (C=O) groups excluding carboxylic acids is 1. The van der Waals surface area contributed by atoms with Crippen molar-refractivity contribution in [2.45, 2.75) is 64.4 Å². The summed E-state index contributed by atoms with van der Waals surface area (Å²) in [7, 11) is 3.53. The molecule has 1 amide bonds. The van der Waals surface area contributed by atoms with Crippen LogP contribution in [0.25, 0.3) is 0 Å². The predicted octanol–water partition coefficient (Wildman–Crippen LogP) is 2.94. The topological polar surface area (TPSA) is 66.0 Å². The predicted molar refractivity (Wildman–Crippen MR) is 105 cm³/mol. The molecule has 0 saturated carbocycles. The molecule has 2 N–H and O–H groups in total. The maximum Gasteiger partial charge on any atom is 0.410 e. The lowest BCUT2D eigenvalue weighted by Crippen LogP contribution is -2.45. The average Bonchev–Trinajstić information content (AvgIpc) is 2.47. The summed E-state index contributed by atoms with van der Waals surface area (Å²) in [5.74, 6) is 0.782. The fraction of sp³-hybridized carbons (Fsp3) is 0.882.